The van der Waals surface area contributed by atoms with E-state index in [4.69, 9.17) is 14.6 Å². The molecule has 0 aliphatic heterocycles. The molecule has 0 spiro atoms. The molecule has 0 heterocycles. The van der Waals surface area contributed by atoms with E-state index in [0.717, 1.165) is 25.7 Å². The molecule has 0 saturated heterocycles. The van der Waals surface area contributed by atoms with Crippen molar-refractivity contribution in [3.63, 3.8) is 0 Å². The molecule has 1 fully saturated rings. The lowest BCUT2D eigenvalue weighted by molar-refractivity contribution is -0.147. The third-order valence-corrected chi connectivity index (χ3v) is 4.26. The molecule has 1 aliphatic carbocycles. The van der Waals surface area contributed by atoms with Crippen LogP contribution < -0.4 is 10.1 Å². The molecule has 0 aromatic heterocycles. The summed E-state index contributed by atoms with van der Waals surface area (Å²) in [6, 6.07) is 6.66. The Balaban J connectivity index is 2.02. The topological polar surface area (TPSA) is 84.9 Å². The number of nitrogens with one attached hydrogen (secondary N) is 1. The number of carboxylic acid groups (broad SMARTS) is 1. The van der Waals surface area contributed by atoms with Gasteiger partial charge in [0.1, 0.15) is 11.4 Å². The molecule has 6 heteroatoms. The average Bonchev–Trinajstić information content (AvgIpc) is 2.54. The van der Waals surface area contributed by atoms with Crippen LogP contribution in [-0.2, 0) is 14.3 Å². The van der Waals surface area contributed by atoms with Gasteiger partial charge in [0.15, 0.2) is 6.61 Å². The summed E-state index contributed by atoms with van der Waals surface area (Å²) in [4.78, 5) is 23.3. The highest BCUT2D eigenvalue weighted by atomic mass is 16.5. The standard InChI is InChI=1S/C18H25NO5/c1-3-24-18(10-4-5-13(2)11-18)17(22)19-14-6-8-15(9-7-14)23-12-16(20)21/h6-9,13H,3-5,10-12H2,1-2H3,(H,19,22)(H,20,21)/t13-,18-/m0/s1. The fraction of sp³-hybridized carbons (Fsp3) is 0.556. The van der Waals surface area contributed by atoms with Gasteiger partial charge < -0.3 is 19.9 Å². The van der Waals surface area contributed by atoms with Crippen LogP contribution in [0.3, 0.4) is 0 Å². The molecule has 1 aromatic rings. The Hall–Kier alpha value is -2.08. The van der Waals surface area contributed by atoms with Gasteiger partial charge in [-0.2, -0.15) is 0 Å². The van der Waals surface area contributed by atoms with Crippen molar-refractivity contribution >= 4 is 17.6 Å². The van der Waals surface area contributed by atoms with Crippen molar-refractivity contribution < 1.29 is 24.2 Å². The summed E-state index contributed by atoms with van der Waals surface area (Å²) in [7, 11) is 0. The van der Waals surface area contributed by atoms with Crippen molar-refractivity contribution in [3.05, 3.63) is 24.3 Å². The Morgan fingerprint density at radius 2 is 2.04 bits per heavy atom. The summed E-state index contributed by atoms with van der Waals surface area (Å²) in [5, 5.41) is 11.5. The van der Waals surface area contributed by atoms with Gasteiger partial charge in [-0.1, -0.05) is 13.3 Å². The summed E-state index contributed by atoms with van der Waals surface area (Å²) in [6.45, 7) is 4.16. The van der Waals surface area contributed by atoms with Gasteiger partial charge in [-0.05, 0) is 56.4 Å². The Morgan fingerprint density at radius 3 is 2.62 bits per heavy atom. The van der Waals surface area contributed by atoms with Crippen molar-refractivity contribution in [2.24, 2.45) is 5.92 Å². The Morgan fingerprint density at radius 1 is 1.33 bits per heavy atom. The van der Waals surface area contributed by atoms with E-state index in [-0.39, 0.29) is 5.91 Å². The van der Waals surface area contributed by atoms with E-state index in [1.165, 1.54) is 0 Å². The van der Waals surface area contributed by atoms with Gasteiger partial charge >= 0.3 is 5.97 Å². The van der Waals surface area contributed by atoms with Crippen LogP contribution in [0.4, 0.5) is 5.69 Å². The van der Waals surface area contributed by atoms with Crippen LogP contribution in [0.15, 0.2) is 24.3 Å². The SMILES string of the molecule is CCO[C@@]1(C(=O)Nc2ccc(OCC(=O)O)cc2)CCC[C@H](C)C1. The molecule has 132 valence electrons. The number of carbonyl (C=O) groups excluding carboxylic acids is 1. The molecule has 2 atom stereocenters. The fourth-order valence-electron chi connectivity index (χ4n) is 3.21. The first-order valence-corrected chi connectivity index (χ1v) is 8.35. The number of benzene rings is 1. The van der Waals surface area contributed by atoms with Gasteiger partial charge in [0, 0.05) is 12.3 Å². The maximum atomic E-state index is 12.8. The minimum atomic E-state index is -1.03. The largest absolute Gasteiger partial charge is 0.482 e. The quantitative estimate of drug-likeness (QED) is 0.800. The first kappa shape index (κ1) is 18.3. The summed E-state index contributed by atoms with van der Waals surface area (Å²) in [6.07, 6.45) is 3.57. The van der Waals surface area contributed by atoms with Crippen molar-refractivity contribution in [2.45, 2.75) is 45.1 Å². The molecule has 1 saturated carbocycles. The second kappa shape index (κ2) is 8.15. The molecule has 1 aliphatic rings. The minimum Gasteiger partial charge on any atom is -0.482 e. The van der Waals surface area contributed by atoms with Crippen LogP contribution in [0.5, 0.6) is 5.75 Å². The number of ether oxygens (including phenoxy) is 2. The first-order chi connectivity index (χ1) is 11.4. The lowest BCUT2D eigenvalue weighted by atomic mass is 9.78. The molecular weight excluding hydrogens is 310 g/mol. The van der Waals surface area contributed by atoms with Crippen LogP contribution in [0.2, 0.25) is 0 Å². The van der Waals surface area contributed by atoms with Gasteiger partial charge in [-0.3, -0.25) is 4.79 Å². The van der Waals surface area contributed by atoms with E-state index in [1.54, 1.807) is 24.3 Å². The van der Waals surface area contributed by atoms with Crippen molar-refractivity contribution in [1.29, 1.82) is 0 Å². The van der Waals surface area contributed by atoms with Crippen LogP contribution in [-0.4, -0.2) is 35.8 Å². The van der Waals surface area contributed by atoms with Gasteiger partial charge in [0.05, 0.1) is 0 Å². The monoisotopic (exact) mass is 335 g/mol. The van der Waals surface area contributed by atoms with Crippen LogP contribution >= 0.6 is 0 Å². The molecule has 0 bridgehead atoms. The zero-order valence-electron chi connectivity index (χ0n) is 14.2. The molecular formula is C18H25NO5. The van der Waals surface area contributed by atoms with E-state index in [9.17, 15) is 9.59 Å². The van der Waals surface area contributed by atoms with Gasteiger partial charge in [0.2, 0.25) is 0 Å². The molecule has 0 radical (unpaired) electrons. The normalized spacial score (nSPS) is 23.5. The van der Waals surface area contributed by atoms with Crippen molar-refractivity contribution in [1.82, 2.24) is 0 Å². The number of carbonyl (C=O) groups is 2. The first-order valence-electron chi connectivity index (χ1n) is 8.35. The Labute approximate surface area is 142 Å². The molecule has 24 heavy (non-hydrogen) atoms. The zero-order valence-corrected chi connectivity index (χ0v) is 14.2. The van der Waals surface area contributed by atoms with E-state index < -0.39 is 18.2 Å². The van der Waals surface area contributed by atoms with E-state index in [1.807, 2.05) is 6.92 Å². The number of hydrogen-bond donors (Lipinski definition) is 2. The molecule has 1 amide bonds. The Kier molecular flexibility index (Phi) is 6.20. The lowest BCUT2D eigenvalue weighted by Gasteiger charge is -2.38. The van der Waals surface area contributed by atoms with Crippen molar-refractivity contribution in [2.75, 3.05) is 18.5 Å². The third-order valence-electron chi connectivity index (χ3n) is 4.26. The summed E-state index contributed by atoms with van der Waals surface area (Å²) in [5.41, 5.74) is -0.120. The van der Waals surface area contributed by atoms with Gasteiger partial charge in [0.25, 0.3) is 5.91 Å². The van der Waals surface area contributed by atoms with Gasteiger partial charge in [-0.25, -0.2) is 4.79 Å². The lowest BCUT2D eigenvalue weighted by Crippen LogP contribution is -2.48. The van der Waals surface area contributed by atoms with Crippen LogP contribution in [0.1, 0.15) is 39.5 Å². The highest BCUT2D eigenvalue weighted by Crippen LogP contribution is 2.36. The summed E-state index contributed by atoms with van der Waals surface area (Å²) >= 11 is 0. The van der Waals surface area contributed by atoms with Gasteiger partial charge in [-0.15, -0.1) is 0 Å². The third kappa shape index (κ3) is 4.71. The zero-order chi connectivity index (χ0) is 17.6. The maximum absolute atomic E-state index is 12.8. The predicted molar refractivity (Wildman–Crippen MR) is 90.2 cm³/mol. The molecule has 6 nitrogen and oxygen atoms in total. The maximum Gasteiger partial charge on any atom is 0.341 e. The van der Waals surface area contributed by atoms with Crippen molar-refractivity contribution in [3.8, 4) is 5.75 Å². The number of anilines is 1. The Bertz CT molecular complexity index is 567. The highest BCUT2D eigenvalue weighted by Gasteiger charge is 2.42. The molecule has 2 rings (SSSR count). The van der Waals surface area contributed by atoms with Crippen LogP contribution in [0, 0.1) is 5.92 Å². The number of aliphatic carboxylic acids is 1. The number of hydrogen-bond acceptors (Lipinski definition) is 4. The summed E-state index contributed by atoms with van der Waals surface area (Å²) < 4.78 is 10.9. The fourth-order valence-corrected chi connectivity index (χ4v) is 3.21. The van der Waals surface area contributed by atoms with E-state index in [0.29, 0.717) is 24.0 Å². The molecule has 1 aromatic carbocycles. The molecule has 0 unspecified atom stereocenters. The smallest absolute Gasteiger partial charge is 0.341 e. The molecule has 2 N–H and O–H groups in total. The average molecular weight is 335 g/mol. The number of amides is 1. The minimum absolute atomic E-state index is 0.116. The second-order valence-electron chi connectivity index (χ2n) is 6.29. The van der Waals surface area contributed by atoms with E-state index in [2.05, 4.69) is 12.2 Å². The van der Waals surface area contributed by atoms with Crippen LogP contribution in [0.25, 0.3) is 0 Å². The second-order valence-corrected chi connectivity index (χ2v) is 6.29. The number of carboxylic acids is 1. The summed E-state index contributed by atoms with van der Waals surface area (Å²) in [5.74, 6) is -0.239. The van der Waals surface area contributed by atoms with E-state index >= 15 is 0 Å². The number of rotatable bonds is 7. The highest BCUT2D eigenvalue weighted by molar-refractivity contribution is 5.97. The predicted octanol–water partition coefficient (Wildman–Crippen LogP) is 3.07.